The number of hydrogen-bond acceptors (Lipinski definition) is 9. The third-order valence-electron chi connectivity index (χ3n) is 10.5. The number of morpholine rings is 1. The number of methoxy groups -OCH3 is 2. The lowest BCUT2D eigenvalue weighted by Gasteiger charge is -2.40. The summed E-state index contributed by atoms with van der Waals surface area (Å²) in [7, 11) is 4.88. The zero-order chi connectivity index (χ0) is 37.0. The van der Waals surface area contributed by atoms with Crippen molar-refractivity contribution in [1.82, 2.24) is 25.3 Å². The lowest BCUT2D eigenvalue weighted by Crippen LogP contribution is -2.57. The molecule has 0 saturated carbocycles. The van der Waals surface area contributed by atoms with Gasteiger partial charge in [-0.25, -0.2) is 0 Å². The van der Waals surface area contributed by atoms with Gasteiger partial charge >= 0.3 is 0 Å². The van der Waals surface area contributed by atoms with E-state index >= 15 is 0 Å². The number of hydrogen-bond donors (Lipinski definition) is 3. The first kappa shape index (κ1) is 41.2. The number of nitrogens with two attached hydrogens (primary N) is 1. The summed E-state index contributed by atoms with van der Waals surface area (Å²) >= 11 is 0. The fourth-order valence-electron chi connectivity index (χ4n) is 7.22. The zero-order valence-electron chi connectivity index (χ0n) is 31.5. The van der Waals surface area contributed by atoms with Crippen LogP contribution in [0.15, 0.2) is 24.3 Å². The second-order valence-electron chi connectivity index (χ2n) is 14.2. The summed E-state index contributed by atoms with van der Waals surface area (Å²) in [6.07, 6.45) is 1.25. The Kier molecular flexibility index (Phi) is 16.4. The summed E-state index contributed by atoms with van der Waals surface area (Å²) in [5, 5.41) is 5.98. The average molecular weight is 703 g/mol. The highest BCUT2D eigenvalue weighted by Crippen LogP contribution is 2.29. The van der Waals surface area contributed by atoms with Gasteiger partial charge in [0.05, 0.1) is 49.8 Å². The van der Waals surface area contributed by atoms with Crippen LogP contribution >= 0.6 is 0 Å². The number of carbonyl (C=O) groups excluding carboxylic acids is 4. The van der Waals surface area contributed by atoms with Gasteiger partial charge in [-0.1, -0.05) is 41.0 Å². The zero-order valence-corrected chi connectivity index (χ0v) is 31.5. The first-order chi connectivity index (χ1) is 23.8. The van der Waals surface area contributed by atoms with Crippen LogP contribution in [0.4, 0.5) is 5.69 Å². The maximum absolute atomic E-state index is 14.1. The van der Waals surface area contributed by atoms with E-state index in [0.717, 1.165) is 38.9 Å². The van der Waals surface area contributed by atoms with Crippen molar-refractivity contribution in [2.75, 3.05) is 72.9 Å². The molecule has 2 saturated heterocycles. The van der Waals surface area contributed by atoms with E-state index in [4.69, 9.17) is 19.9 Å². The van der Waals surface area contributed by atoms with Gasteiger partial charge in [0.1, 0.15) is 6.04 Å². The van der Waals surface area contributed by atoms with Crippen LogP contribution < -0.4 is 16.4 Å². The molecule has 2 fully saturated rings. The number of amides is 4. The topological polar surface area (TPSA) is 156 Å². The van der Waals surface area contributed by atoms with Crippen LogP contribution in [0.25, 0.3) is 0 Å². The Balaban J connectivity index is 1.70. The molecule has 13 nitrogen and oxygen atoms in total. The van der Waals surface area contributed by atoms with Crippen molar-refractivity contribution in [3.63, 3.8) is 0 Å². The van der Waals surface area contributed by atoms with Gasteiger partial charge in [0.25, 0.3) is 5.91 Å². The van der Waals surface area contributed by atoms with Crippen molar-refractivity contribution in [1.29, 1.82) is 0 Å². The molecular formula is C37H62N6O7. The Labute approximate surface area is 298 Å². The fraction of sp³-hybridized carbons (Fsp3) is 0.730. The minimum Gasteiger partial charge on any atom is -0.399 e. The summed E-state index contributed by atoms with van der Waals surface area (Å²) in [5.74, 6) is -1.49. The number of benzene rings is 1. The molecule has 0 unspecified atom stereocenters. The van der Waals surface area contributed by atoms with E-state index in [1.807, 2.05) is 39.5 Å². The number of nitrogen functional groups attached to an aromatic ring is 1. The predicted molar refractivity (Wildman–Crippen MR) is 193 cm³/mol. The molecule has 1 aromatic rings. The van der Waals surface area contributed by atoms with Gasteiger partial charge in [0, 0.05) is 65.2 Å². The third-order valence-corrected chi connectivity index (χ3v) is 10.5. The number of anilines is 1. The number of nitrogens with zero attached hydrogens (tertiary/aromatic N) is 3. The Morgan fingerprint density at radius 2 is 1.68 bits per heavy atom. The molecular weight excluding hydrogens is 640 g/mol. The molecule has 13 heteroatoms. The van der Waals surface area contributed by atoms with Gasteiger partial charge in [-0.2, -0.15) is 0 Å². The quantitative estimate of drug-likeness (QED) is 0.196. The highest BCUT2D eigenvalue weighted by Gasteiger charge is 2.42. The van der Waals surface area contributed by atoms with Crippen LogP contribution in [0.5, 0.6) is 0 Å². The van der Waals surface area contributed by atoms with Crippen molar-refractivity contribution in [3.8, 4) is 0 Å². The van der Waals surface area contributed by atoms with Gasteiger partial charge in [-0.15, -0.1) is 0 Å². The van der Waals surface area contributed by atoms with Crippen molar-refractivity contribution >= 4 is 29.3 Å². The summed E-state index contributed by atoms with van der Waals surface area (Å²) in [6, 6.07) is 5.06. The molecule has 0 bridgehead atoms. The maximum atomic E-state index is 14.1. The molecule has 4 amide bonds. The summed E-state index contributed by atoms with van der Waals surface area (Å²) in [5.41, 5.74) is 6.74. The predicted octanol–water partition coefficient (Wildman–Crippen LogP) is 2.39. The SMILES string of the molecule is CC[C@H](C)[C@@H]([C@H](CC(=O)N1CCC[C@H]1[C@H](OC)[C@@H](C)C(=O)NCCN1CCOCC1)OC)N(C)C(=O)[C@@H](NC(=O)c1ccc(N)cc1)C(C)C. The molecule has 7 atom stereocenters. The van der Waals surface area contributed by atoms with E-state index in [-0.39, 0.29) is 47.9 Å². The molecule has 50 heavy (non-hydrogen) atoms. The molecule has 3 rings (SSSR count). The summed E-state index contributed by atoms with van der Waals surface area (Å²) in [4.78, 5) is 60.2. The molecule has 282 valence electrons. The molecule has 0 aromatic heterocycles. The molecule has 2 aliphatic rings. The fourth-order valence-corrected chi connectivity index (χ4v) is 7.22. The number of nitrogens with one attached hydrogen (secondary N) is 2. The highest BCUT2D eigenvalue weighted by molar-refractivity contribution is 5.98. The lowest BCUT2D eigenvalue weighted by molar-refractivity contribution is -0.146. The molecule has 1 aromatic carbocycles. The van der Waals surface area contributed by atoms with Crippen LogP contribution in [-0.4, -0.2) is 136 Å². The standard InChI is InChI=1S/C37H62N6O7/c1-9-25(4)33(41(6)37(47)32(24(2)3)40-36(46)27-12-14-28(38)15-13-27)30(48-7)23-31(44)43-17-10-11-29(43)34(49-8)26(5)35(45)39-16-18-42-19-21-50-22-20-42/h12-15,24-26,29-30,32-34H,9-11,16-23,38H2,1-8H3,(H,39,45)(H,40,46)/t25-,26+,29-,30-,32-,33-,34+/m0/s1. The summed E-state index contributed by atoms with van der Waals surface area (Å²) < 4.78 is 17.3. The van der Waals surface area contributed by atoms with Crippen LogP contribution in [0.3, 0.4) is 0 Å². The van der Waals surface area contributed by atoms with Gasteiger partial charge < -0.3 is 40.4 Å². The Hall–Kier alpha value is -3.26. The van der Waals surface area contributed by atoms with E-state index < -0.39 is 30.2 Å². The van der Waals surface area contributed by atoms with Crippen LogP contribution in [-0.2, 0) is 28.6 Å². The Morgan fingerprint density at radius 3 is 2.26 bits per heavy atom. The normalized spacial score (nSPS) is 20.4. The molecule has 0 radical (unpaired) electrons. The molecule has 4 N–H and O–H groups in total. The monoisotopic (exact) mass is 702 g/mol. The summed E-state index contributed by atoms with van der Waals surface area (Å²) in [6.45, 7) is 14.7. The highest BCUT2D eigenvalue weighted by atomic mass is 16.5. The van der Waals surface area contributed by atoms with Crippen LogP contribution in [0.2, 0.25) is 0 Å². The second kappa shape index (κ2) is 20.0. The van der Waals surface area contributed by atoms with E-state index in [2.05, 4.69) is 15.5 Å². The van der Waals surface area contributed by atoms with E-state index in [0.29, 0.717) is 37.6 Å². The van der Waals surface area contributed by atoms with E-state index in [1.54, 1.807) is 50.4 Å². The van der Waals surface area contributed by atoms with Crippen LogP contribution in [0, 0.1) is 17.8 Å². The first-order valence-corrected chi connectivity index (χ1v) is 18.2. The van der Waals surface area contributed by atoms with Crippen LogP contribution in [0.1, 0.15) is 70.7 Å². The van der Waals surface area contributed by atoms with Gasteiger partial charge in [-0.3, -0.25) is 24.1 Å². The Morgan fingerprint density at radius 1 is 1.02 bits per heavy atom. The average Bonchev–Trinajstić information content (AvgIpc) is 3.60. The minimum atomic E-state index is -0.795. The molecule has 2 heterocycles. The Bertz CT molecular complexity index is 1240. The first-order valence-electron chi connectivity index (χ1n) is 18.2. The lowest BCUT2D eigenvalue weighted by atomic mass is 9.89. The van der Waals surface area contributed by atoms with E-state index in [9.17, 15) is 19.2 Å². The molecule has 2 aliphatic heterocycles. The van der Waals surface area contributed by atoms with Crippen molar-refractivity contribution in [2.45, 2.75) is 90.6 Å². The molecule has 0 spiro atoms. The number of likely N-dealkylation sites (N-methyl/N-ethyl adjacent to an activating group) is 1. The largest absolute Gasteiger partial charge is 0.399 e. The number of rotatable bonds is 18. The van der Waals surface area contributed by atoms with Gasteiger partial charge in [-0.05, 0) is 48.9 Å². The van der Waals surface area contributed by atoms with Gasteiger partial charge in [0.15, 0.2) is 0 Å². The van der Waals surface area contributed by atoms with Crippen molar-refractivity contribution < 1.29 is 33.4 Å². The number of likely N-dealkylation sites (tertiary alicyclic amines) is 1. The maximum Gasteiger partial charge on any atom is 0.251 e. The number of ether oxygens (including phenoxy) is 3. The minimum absolute atomic E-state index is 0.00964. The second-order valence-corrected chi connectivity index (χ2v) is 14.2. The van der Waals surface area contributed by atoms with Gasteiger partial charge in [0.2, 0.25) is 17.7 Å². The van der Waals surface area contributed by atoms with E-state index in [1.165, 1.54) is 0 Å². The molecule has 0 aliphatic carbocycles. The third kappa shape index (κ3) is 10.9. The number of carbonyl (C=O) groups is 4. The van der Waals surface area contributed by atoms with Crippen molar-refractivity contribution in [2.24, 2.45) is 17.8 Å². The smallest absolute Gasteiger partial charge is 0.251 e. The van der Waals surface area contributed by atoms with Crippen molar-refractivity contribution in [3.05, 3.63) is 29.8 Å².